The average molecular weight is 415 g/mol. The van der Waals surface area contributed by atoms with E-state index in [0.29, 0.717) is 13.0 Å². The van der Waals surface area contributed by atoms with Crippen LogP contribution in [0.4, 0.5) is 18.9 Å². The van der Waals surface area contributed by atoms with Crippen molar-refractivity contribution in [1.29, 1.82) is 0 Å². The second-order valence-corrected chi connectivity index (χ2v) is 7.65. The number of nitrogens with one attached hydrogen (secondary N) is 2. The first-order valence-electron chi connectivity index (χ1n) is 9.66. The highest BCUT2D eigenvalue weighted by Gasteiger charge is 2.51. The number of anilines is 1. The van der Waals surface area contributed by atoms with Crippen LogP contribution < -0.4 is 10.6 Å². The van der Waals surface area contributed by atoms with Crippen LogP contribution in [-0.4, -0.2) is 16.8 Å². The minimum atomic E-state index is -4.50. The lowest BCUT2D eigenvalue weighted by Crippen LogP contribution is -2.41. The van der Waals surface area contributed by atoms with Crippen LogP contribution in [0.2, 0.25) is 0 Å². The van der Waals surface area contributed by atoms with E-state index >= 15 is 0 Å². The summed E-state index contributed by atoms with van der Waals surface area (Å²) in [5.74, 6) is -2.00. The summed E-state index contributed by atoms with van der Waals surface area (Å²) < 4.78 is 38.8. The molecule has 8 heteroatoms. The zero-order valence-corrected chi connectivity index (χ0v) is 15.9. The van der Waals surface area contributed by atoms with Crippen LogP contribution in [0.5, 0.6) is 0 Å². The Kier molecular flexibility index (Phi) is 5.32. The highest BCUT2D eigenvalue weighted by atomic mass is 19.4. The number of halogens is 3. The maximum Gasteiger partial charge on any atom is 0.416 e. The molecule has 1 aromatic carbocycles. The molecule has 0 unspecified atom stereocenters. The number of fused-ring (bicyclic) bond motifs is 2. The summed E-state index contributed by atoms with van der Waals surface area (Å²) in [7, 11) is 0. The SMILES string of the molecule is O=C(NCc1cccnc1)[C@@H]1[C@@H](C(=O)Nc2cccc(C(F)(F)F)c2)[C@H]2C=C[C@H]1C2. The number of allylic oxidation sites excluding steroid dienone is 2. The van der Waals surface area contributed by atoms with E-state index in [-0.39, 0.29) is 23.4 Å². The number of aromatic nitrogens is 1. The molecule has 2 amide bonds. The zero-order valence-electron chi connectivity index (χ0n) is 15.9. The largest absolute Gasteiger partial charge is 0.416 e. The van der Waals surface area contributed by atoms with Crippen LogP contribution in [0.15, 0.2) is 60.9 Å². The lowest BCUT2D eigenvalue weighted by molar-refractivity contribution is -0.137. The number of rotatable bonds is 5. The van der Waals surface area contributed by atoms with E-state index in [2.05, 4.69) is 15.6 Å². The number of hydrogen-bond donors (Lipinski definition) is 2. The maximum atomic E-state index is 12.9. The molecule has 1 saturated carbocycles. The van der Waals surface area contributed by atoms with Gasteiger partial charge in [-0.1, -0.05) is 24.3 Å². The minimum Gasteiger partial charge on any atom is -0.352 e. The molecule has 0 saturated heterocycles. The van der Waals surface area contributed by atoms with Gasteiger partial charge >= 0.3 is 6.18 Å². The van der Waals surface area contributed by atoms with Crippen LogP contribution in [0.25, 0.3) is 0 Å². The predicted molar refractivity (Wildman–Crippen MR) is 104 cm³/mol. The zero-order chi connectivity index (χ0) is 21.3. The van der Waals surface area contributed by atoms with Crippen LogP contribution in [0, 0.1) is 23.7 Å². The van der Waals surface area contributed by atoms with E-state index in [4.69, 9.17) is 0 Å². The van der Waals surface area contributed by atoms with Gasteiger partial charge in [-0.3, -0.25) is 14.6 Å². The third kappa shape index (κ3) is 4.08. The molecule has 2 aliphatic carbocycles. The number of nitrogens with zero attached hydrogens (tertiary/aromatic N) is 1. The second-order valence-electron chi connectivity index (χ2n) is 7.65. The summed E-state index contributed by atoms with van der Waals surface area (Å²) in [5.41, 5.74) is 0.0736. The standard InChI is InChI=1S/C22H20F3N3O2/c23-22(24,25)16-4-1-5-17(10-16)28-21(30)19-15-7-6-14(9-15)18(19)20(29)27-12-13-3-2-8-26-11-13/h1-8,10-11,14-15,18-19H,9,12H2,(H,27,29)(H,28,30)/t14-,15-,18-,19-/m0/s1. The Morgan fingerprint density at radius 1 is 1.03 bits per heavy atom. The van der Waals surface area contributed by atoms with Crippen LogP contribution in [0.1, 0.15) is 17.5 Å². The van der Waals surface area contributed by atoms with E-state index in [9.17, 15) is 22.8 Å². The molecular weight excluding hydrogens is 395 g/mol. The molecule has 1 heterocycles. The fourth-order valence-electron chi connectivity index (χ4n) is 4.35. The van der Waals surface area contributed by atoms with Crippen molar-refractivity contribution in [3.63, 3.8) is 0 Å². The van der Waals surface area contributed by atoms with Crippen LogP contribution >= 0.6 is 0 Å². The van der Waals surface area contributed by atoms with E-state index in [1.807, 2.05) is 18.2 Å². The Morgan fingerprint density at radius 2 is 1.77 bits per heavy atom. The fourth-order valence-corrected chi connectivity index (χ4v) is 4.35. The Balaban J connectivity index is 1.47. The van der Waals surface area contributed by atoms with E-state index in [0.717, 1.165) is 17.7 Å². The third-order valence-corrected chi connectivity index (χ3v) is 5.71. The number of hydrogen-bond acceptors (Lipinski definition) is 3. The van der Waals surface area contributed by atoms with Gasteiger partial charge in [0.1, 0.15) is 0 Å². The molecule has 5 nitrogen and oxygen atoms in total. The number of carbonyl (C=O) groups is 2. The van der Waals surface area contributed by atoms with E-state index in [1.165, 1.54) is 12.1 Å². The van der Waals surface area contributed by atoms with Crippen LogP contribution in [-0.2, 0) is 22.3 Å². The Bertz CT molecular complexity index is 975. The first-order chi connectivity index (χ1) is 14.3. The number of carbonyl (C=O) groups excluding carboxylic acids is 2. The average Bonchev–Trinajstić information content (AvgIpc) is 3.34. The molecule has 2 bridgehead atoms. The molecule has 4 rings (SSSR count). The van der Waals surface area contributed by atoms with E-state index in [1.54, 1.807) is 18.5 Å². The maximum absolute atomic E-state index is 12.9. The highest BCUT2D eigenvalue weighted by Crippen LogP contribution is 2.48. The summed E-state index contributed by atoms with van der Waals surface area (Å²) in [4.78, 5) is 29.8. The number of benzene rings is 1. The van der Waals surface area contributed by atoms with Gasteiger partial charge in [-0.25, -0.2) is 0 Å². The summed E-state index contributed by atoms with van der Waals surface area (Å²) in [6.07, 6.45) is 3.36. The quantitative estimate of drug-likeness (QED) is 0.730. The van der Waals surface area contributed by atoms with Gasteiger partial charge in [0, 0.05) is 24.6 Å². The fraction of sp³-hybridized carbons (Fsp3) is 0.318. The molecule has 0 aliphatic heterocycles. The summed E-state index contributed by atoms with van der Waals surface area (Å²) in [6, 6.07) is 8.12. The molecule has 0 radical (unpaired) electrons. The monoisotopic (exact) mass is 415 g/mol. The smallest absolute Gasteiger partial charge is 0.352 e. The number of pyridine rings is 1. The van der Waals surface area contributed by atoms with Crippen molar-refractivity contribution < 1.29 is 22.8 Å². The van der Waals surface area contributed by atoms with E-state index < -0.39 is 29.5 Å². The van der Waals surface area contributed by atoms with Gasteiger partial charge in [0.15, 0.2) is 0 Å². The number of amides is 2. The molecular formula is C22H20F3N3O2. The van der Waals surface area contributed by atoms with Gasteiger partial charge in [-0.15, -0.1) is 0 Å². The molecule has 4 atom stereocenters. The molecule has 30 heavy (non-hydrogen) atoms. The molecule has 0 spiro atoms. The normalized spacial score (nSPS) is 24.6. The van der Waals surface area contributed by atoms with Crippen molar-refractivity contribution >= 4 is 17.5 Å². The Hall–Kier alpha value is -3.16. The molecule has 1 fully saturated rings. The Morgan fingerprint density at radius 3 is 2.43 bits per heavy atom. The molecule has 2 aromatic rings. The number of alkyl halides is 3. The van der Waals surface area contributed by atoms with Gasteiger partial charge in [-0.2, -0.15) is 13.2 Å². The van der Waals surface area contributed by atoms with Gasteiger partial charge in [0.2, 0.25) is 11.8 Å². The molecule has 156 valence electrons. The van der Waals surface area contributed by atoms with Crippen molar-refractivity contribution in [2.45, 2.75) is 19.1 Å². The van der Waals surface area contributed by atoms with Crippen molar-refractivity contribution in [3.8, 4) is 0 Å². The highest BCUT2D eigenvalue weighted by molar-refractivity contribution is 5.97. The van der Waals surface area contributed by atoms with Gasteiger partial charge in [-0.05, 0) is 48.1 Å². The van der Waals surface area contributed by atoms with Crippen LogP contribution in [0.3, 0.4) is 0 Å². The topological polar surface area (TPSA) is 71.1 Å². The third-order valence-electron chi connectivity index (χ3n) is 5.71. The first kappa shape index (κ1) is 20.1. The lowest BCUT2D eigenvalue weighted by atomic mass is 9.81. The second kappa shape index (κ2) is 7.93. The van der Waals surface area contributed by atoms with Gasteiger partial charge in [0.05, 0.1) is 17.4 Å². The summed E-state index contributed by atoms with van der Waals surface area (Å²) in [6.45, 7) is 0.298. The van der Waals surface area contributed by atoms with Gasteiger partial charge in [0.25, 0.3) is 0 Å². The van der Waals surface area contributed by atoms with Crippen molar-refractivity contribution in [2.24, 2.45) is 23.7 Å². The first-order valence-corrected chi connectivity index (χ1v) is 9.66. The van der Waals surface area contributed by atoms with Crippen molar-refractivity contribution in [1.82, 2.24) is 10.3 Å². The summed E-state index contributed by atoms with van der Waals surface area (Å²) >= 11 is 0. The molecule has 2 aliphatic rings. The lowest BCUT2D eigenvalue weighted by Gasteiger charge is -2.26. The molecule has 2 N–H and O–H groups in total. The van der Waals surface area contributed by atoms with Crippen molar-refractivity contribution in [2.75, 3.05) is 5.32 Å². The molecule has 1 aromatic heterocycles. The van der Waals surface area contributed by atoms with Gasteiger partial charge < -0.3 is 10.6 Å². The van der Waals surface area contributed by atoms with Crippen molar-refractivity contribution in [3.05, 3.63) is 72.1 Å². The summed E-state index contributed by atoms with van der Waals surface area (Å²) in [5, 5.41) is 5.44. The Labute approximate surface area is 171 Å². The minimum absolute atomic E-state index is 0.0545. The predicted octanol–water partition coefficient (Wildman–Crippen LogP) is 3.79.